The van der Waals surface area contributed by atoms with Gasteiger partial charge in [0, 0.05) is 25.6 Å². The highest BCUT2D eigenvalue weighted by atomic mass is 16.5. The molecule has 0 aliphatic carbocycles. The van der Waals surface area contributed by atoms with Gasteiger partial charge in [0.05, 0.1) is 6.10 Å². The van der Waals surface area contributed by atoms with Crippen LogP contribution < -0.4 is 10.6 Å². The summed E-state index contributed by atoms with van der Waals surface area (Å²) in [5, 5.41) is 5.94. The number of carbonyl (C=O) groups excluding carboxylic acids is 1. The van der Waals surface area contributed by atoms with Gasteiger partial charge in [0.15, 0.2) is 0 Å². The van der Waals surface area contributed by atoms with Gasteiger partial charge in [-0.3, -0.25) is 4.79 Å². The van der Waals surface area contributed by atoms with Crippen LogP contribution in [0.1, 0.15) is 32.6 Å². The quantitative estimate of drug-likeness (QED) is 0.683. The van der Waals surface area contributed by atoms with Crippen LogP contribution in [0.4, 0.5) is 0 Å². The van der Waals surface area contributed by atoms with Crippen LogP contribution in [0, 0.1) is 0 Å². The van der Waals surface area contributed by atoms with Crippen LogP contribution in [0.5, 0.6) is 0 Å². The molecule has 0 aromatic rings. The van der Waals surface area contributed by atoms with Crippen molar-refractivity contribution < 1.29 is 9.53 Å². The summed E-state index contributed by atoms with van der Waals surface area (Å²) < 4.78 is 5.52. The first kappa shape index (κ1) is 12.5. The van der Waals surface area contributed by atoms with E-state index in [0.29, 0.717) is 12.5 Å². The lowest BCUT2D eigenvalue weighted by atomic mass is 10.1. The molecule has 1 aliphatic rings. The summed E-state index contributed by atoms with van der Waals surface area (Å²) in [5.41, 5.74) is 0. The van der Waals surface area contributed by atoms with Crippen LogP contribution in [0.25, 0.3) is 0 Å². The van der Waals surface area contributed by atoms with Crippen molar-refractivity contribution in [2.45, 2.75) is 44.8 Å². The first-order valence-electron chi connectivity index (χ1n) is 5.78. The Morgan fingerprint density at radius 3 is 3.00 bits per heavy atom. The lowest BCUT2D eigenvalue weighted by Gasteiger charge is -2.17. The van der Waals surface area contributed by atoms with Crippen molar-refractivity contribution in [1.29, 1.82) is 0 Å². The van der Waals surface area contributed by atoms with Crippen LogP contribution in [0.15, 0.2) is 0 Å². The van der Waals surface area contributed by atoms with Crippen molar-refractivity contribution in [3.63, 3.8) is 0 Å². The number of carbonyl (C=O) groups is 1. The van der Waals surface area contributed by atoms with Crippen molar-refractivity contribution in [2.24, 2.45) is 0 Å². The number of hydrogen-bond acceptors (Lipinski definition) is 3. The molecule has 88 valence electrons. The lowest BCUT2D eigenvalue weighted by molar-refractivity contribution is -0.121. The topological polar surface area (TPSA) is 50.4 Å². The van der Waals surface area contributed by atoms with Gasteiger partial charge >= 0.3 is 0 Å². The molecule has 2 atom stereocenters. The number of hydrogen-bond donors (Lipinski definition) is 2. The van der Waals surface area contributed by atoms with Crippen molar-refractivity contribution in [2.75, 3.05) is 20.2 Å². The molecular weight excluding hydrogens is 192 g/mol. The Hall–Kier alpha value is -0.610. The minimum atomic E-state index is 0.120. The van der Waals surface area contributed by atoms with Crippen LogP contribution in [-0.2, 0) is 9.53 Å². The van der Waals surface area contributed by atoms with Crippen LogP contribution in [0.3, 0.4) is 0 Å². The van der Waals surface area contributed by atoms with Crippen molar-refractivity contribution in [3.8, 4) is 0 Å². The van der Waals surface area contributed by atoms with Crippen molar-refractivity contribution >= 4 is 5.91 Å². The minimum Gasteiger partial charge on any atom is -0.378 e. The van der Waals surface area contributed by atoms with Crippen LogP contribution >= 0.6 is 0 Å². The van der Waals surface area contributed by atoms with Gasteiger partial charge in [-0.15, -0.1) is 0 Å². The van der Waals surface area contributed by atoms with Gasteiger partial charge in [0.1, 0.15) is 0 Å². The number of nitrogens with one attached hydrogen (secondary N) is 2. The SMILES string of the molecule is CNCCC(=O)NC(C)CC1CCCO1. The number of ether oxygens (including phenoxy) is 1. The van der Waals surface area contributed by atoms with Crippen molar-refractivity contribution in [1.82, 2.24) is 10.6 Å². The fourth-order valence-electron chi connectivity index (χ4n) is 1.87. The van der Waals surface area contributed by atoms with Gasteiger partial charge in [0.2, 0.25) is 5.91 Å². The Morgan fingerprint density at radius 1 is 1.60 bits per heavy atom. The number of amides is 1. The van der Waals surface area contributed by atoms with Crippen LogP contribution in [-0.4, -0.2) is 38.3 Å². The second-order valence-corrected chi connectivity index (χ2v) is 4.19. The zero-order chi connectivity index (χ0) is 11.1. The Labute approximate surface area is 91.8 Å². The molecular formula is C11H22N2O2. The van der Waals surface area contributed by atoms with E-state index in [2.05, 4.69) is 10.6 Å². The average Bonchev–Trinajstić information content (AvgIpc) is 2.67. The predicted molar refractivity (Wildman–Crippen MR) is 59.7 cm³/mol. The summed E-state index contributed by atoms with van der Waals surface area (Å²) in [6.07, 6.45) is 4.13. The zero-order valence-corrected chi connectivity index (χ0v) is 9.71. The van der Waals surface area contributed by atoms with E-state index in [0.717, 1.165) is 32.4 Å². The van der Waals surface area contributed by atoms with E-state index in [9.17, 15) is 4.79 Å². The van der Waals surface area contributed by atoms with Gasteiger partial charge in [-0.25, -0.2) is 0 Å². The maximum atomic E-state index is 11.4. The summed E-state index contributed by atoms with van der Waals surface area (Å²) in [5.74, 6) is 0.120. The average molecular weight is 214 g/mol. The maximum Gasteiger partial charge on any atom is 0.221 e. The molecule has 4 nitrogen and oxygen atoms in total. The van der Waals surface area contributed by atoms with Gasteiger partial charge in [-0.2, -0.15) is 0 Å². The first-order chi connectivity index (χ1) is 7.22. The monoisotopic (exact) mass is 214 g/mol. The lowest BCUT2D eigenvalue weighted by Crippen LogP contribution is -2.36. The molecule has 1 saturated heterocycles. The summed E-state index contributed by atoms with van der Waals surface area (Å²) in [7, 11) is 1.85. The van der Waals surface area contributed by atoms with E-state index in [-0.39, 0.29) is 11.9 Å². The number of rotatable bonds is 6. The largest absolute Gasteiger partial charge is 0.378 e. The second kappa shape index (κ2) is 6.80. The van der Waals surface area contributed by atoms with E-state index in [1.165, 1.54) is 0 Å². The standard InChI is InChI=1S/C11H22N2O2/c1-9(8-10-4-3-7-15-10)13-11(14)5-6-12-2/h9-10,12H,3-8H2,1-2H3,(H,13,14). The third-order valence-corrected chi connectivity index (χ3v) is 2.65. The smallest absolute Gasteiger partial charge is 0.221 e. The predicted octanol–water partition coefficient (Wildman–Crippen LogP) is 0.670. The Morgan fingerprint density at radius 2 is 2.40 bits per heavy atom. The summed E-state index contributed by atoms with van der Waals surface area (Å²) in [4.78, 5) is 11.4. The third-order valence-electron chi connectivity index (χ3n) is 2.65. The summed E-state index contributed by atoms with van der Waals surface area (Å²) >= 11 is 0. The molecule has 0 aromatic heterocycles. The summed E-state index contributed by atoms with van der Waals surface area (Å²) in [6, 6.07) is 0.220. The summed E-state index contributed by atoms with van der Waals surface area (Å²) in [6.45, 7) is 3.66. The molecule has 1 heterocycles. The third kappa shape index (κ3) is 5.14. The molecule has 1 fully saturated rings. The Balaban J connectivity index is 2.11. The molecule has 2 N–H and O–H groups in total. The van der Waals surface area contributed by atoms with Crippen LogP contribution in [0.2, 0.25) is 0 Å². The van der Waals surface area contributed by atoms with Gasteiger partial charge in [-0.05, 0) is 33.2 Å². The van der Waals surface area contributed by atoms with Gasteiger partial charge < -0.3 is 15.4 Å². The highest BCUT2D eigenvalue weighted by molar-refractivity contribution is 5.76. The van der Waals surface area contributed by atoms with Gasteiger partial charge in [0.25, 0.3) is 0 Å². The first-order valence-corrected chi connectivity index (χ1v) is 5.78. The van der Waals surface area contributed by atoms with Gasteiger partial charge in [-0.1, -0.05) is 0 Å². The van der Waals surface area contributed by atoms with Crippen molar-refractivity contribution in [3.05, 3.63) is 0 Å². The molecule has 4 heteroatoms. The normalized spacial score (nSPS) is 22.7. The highest BCUT2D eigenvalue weighted by Crippen LogP contribution is 2.16. The van der Waals surface area contributed by atoms with E-state index in [4.69, 9.17) is 4.74 Å². The molecule has 0 saturated carbocycles. The molecule has 2 unspecified atom stereocenters. The van der Waals surface area contributed by atoms with E-state index in [1.807, 2.05) is 14.0 Å². The molecule has 1 amide bonds. The fourth-order valence-corrected chi connectivity index (χ4v) is 1.87. The Kier molecular flexibility index (Phi) is 5.65. The van der Waals surface area contributed by atoms with E-state index in [1.54, 1.807) is 0 Å². The molecule has 0 spiro atoms. The molecule has 0 aromatic carbocycles. The fraction of sp³-hybridized carbons (Fsp3) is 0.909. The second-order valence-electron chi connectivity index (χ2n) is 4.19. The highest BCUT2D eigenvalue weighted by Gasteiger charge is 2.19. The molecule has 15 heavy (non-hydrogen) atoms. The minimum absolute atomic E-state index is 0.120. The van der Waals surface area contributed by atoms with E-state index >= 15 is 0 Å². The molecule has 0 bridgehead atoms. The molecule has 1 aliphatic heterocycles. The molecule has 1 rings (SSSR count). The zero-order valence-electron chi connectivity index (χ0n) is 9.71. The Bertz CT molecular complexity index is 191. The maximum absolute atomic E-state index is 11.4. The van der Waals surface area contributed by atoms with E-state index < -0.39 is 0 Å². The molecule has 0 radical (unpaired) electrons.